The summed E-state index contributed by atoms with van der Waals surface area (Å²) in [5.74, 6) is 2.59. The highest BCUT2D eigenvalue weighted by Gasteiger charge is 2.24. The summed E-state index contributed by atoms with van der Waals surface area (Å²) in [6.45, 7) is 1.04. The Kier molecular flexibility index (Phi) is 3.97. The zero-order valence-corrected chi connectivity index (χ0v) is 12.4. The molecular formula is C16H19ClN2O. The molecule has 1 unspecified atom stereocenters. The average Bonchev–Trinajstić information content (AvgIpc) is 2.53. The van der Waals surface area contributed by atoms with Gasteiger partial charge in [-0.2, -0.15) is 0 Å². The van der Waals surface area contributed by atoms with Gasteiger partial charge < -0.3 is 9.64 Å². The van der Waals surface area contributed by atoms with Gasteiger partial charge in [-0.15, -0.1) is 11.6 Å². The molecule has 1 saturated heterocycles. The number of aromatic nitrogens is 1. The number of anilines is 1. The van der Waals surface area contributed by atoms with Gasteiger partial charge in [0.05, 0.1) is 7.11 Å². The summed E-state index contributed by atoms with van der Waals surface area (Å²) >= 11 is 6.13. The van der Waals surface area contributed by atoms with Gasteiger partial charge in [0.2, 0.25) is 0 Å². The van der Waals surface area contributed by atoms with Crippen molar-refractivity contribution in [2.75, 3.05) is 24.4 Å². The Morgan fingerprint density at radius 2 is 2.25 bits per heavy atom. The molecule has 4 heteroatoms. The van der Waals surface area contributed by atoms with Crippen molar-refractivity contribution < 1.29 is 4.74 Å². The number of ether oxygens (including phenoxy) is 1. The zero-order chi connectivity index (χ0) is 13.9. The number of hydrogen-bond acceptors (Lipinski definition) is 3. The molecule has 2 heterocycles. The number of methoxy groups -OCH3 is 1. The SMILES string of the molecule is COc1ccc2c(N3CCCCC3CCl)nccc2c1. The molecule has 1 aliphatic rings. The maximum Gasteiger partial charge on any atom is 0.136 e. The Morgan fingerprint density at radius 3 is 3.05 bits per heavy atom. The number of piperidine rings is 1. The first kappa shape index (κ1) is 13.5. The lowest BCUT2D eigenvalue weighted by molar-refractivity contribution is 0.415. The molecule has 3 rings (SSSR count). The monoisotopic (exact) mass is 290 g/mol. The number of pyridine rings is 1. The van der Waals surface area contributed by atoms with Gasteiger partial charge in [-0.05, 0) is 48.9 Å². The van der Waals surface area contributed by atoms with E-state index in [4.69, 9.17) is 16.3 Å². The summed E-state index contributed by atoms with van der Waals surface area (Å²) in [5, 5.41) is 2.33. The molecule has 0 bridgehead atoms. The van der Waals surface area contributed by atoms with Crippen LogP contribution >= 0.6 is 11.6 Å². The Balaban J connectivity index is 2.06. The fourth-order valence-electron chi connectivity index (χ4n) is 2.94. The standard InChI is InChI=1S/C16H19ClN2O/c1-20-14-5-6-15-12(10-14)7-8-18-16(15)19-9-3-2-4-13(19)11-17/h5-8,10,13H,2-4,9,11H2,1H3. The zero-order valence-electron chi connectivity index (χ0n) is 11.7. The number of fused-ring (bicyclic) bond motifs is 1. The van der Waals surface area contributed by atoms with Crippen molar-refractivity contribution in [2.45, 2.75) is 25.3 Å². The van der Waals surface area contributed by atoms with Crippen LogP contribution in [0.4, 0.5) is 5.82 Å². The van der Waals surface area contributed by atoms with Crippen LogP contribution in [0.2, 0.25) is 0 Å². The lowest BCUT2D eigenvalue weighted by Gasteiger charge is -2.36. The molecule has 1 fully saturated rings. The van der Waals surface area contributed by atoms with Crippen LogP contribution in [0.25, 0.3) is 10.8 Å². The van der Waals surface area contributed by atoms with E-state index in [9.17, 15) is 0 Å². The molecule has 0 spiro atoms. The van der Waals surface area contributed by atoms with Crippen LogP contribution in [0.1, 0.15) is 19.3 Å². The van der Waals surface area contributed by atoms with Crippen molar-refractivity contribution in [3.63, 3.8) is 0 Å². The molecule has 20 heavy (non-hydrogen) atoms. The highest BCUT2D eigenvalue weighted by Crippen LogP contribution is 2.31. The lowest BCUT2D eigenvalue weighted by atomic mass is 10.0. The number of alkyl halides is 1. The van der Waals surface area contributed by atoms with E-state index in [1.807, 2.05) is 18.3 Å². The molecule has 1 aromatic carbocycles. The van der Waals surface area contributed by atoms with Crippen LogP contribution in [0, 0.1) is 0 Å². The van der Waals surface area contributed by atoms with E-state index >= 15 is 0 Å². The van der Waals surface area contributed by atoms with Crippen LogP contribution in [0.3, 0.4) is 0 Å². The van der Waals surface area contributed by atoms with Crippen molar-refractivity contribution in [1.82, 2.24) is 4.98 Å². The molecular weight excluding hydrogens is 272 g/mol. The molecule has 1 atom stereocenters. The second-order valence-electron chi connectivity index (χ2n) is 5.22. The van der Waals surface area contributed by atoms with Crippen molar-refractivity contribution in [3.05, 3.63) is 30.5 Å². The van der Waals surface area contributed by atoms with Crippen LogP contribution in [0.5, 0.6) is 5.75 Å². The first-order chi connectivity index (χ1) is 9.83. The van der Waals surface area contributed by atoms with E-state index in [1.165, 1.54) is 18.2 Å². The molecule has 2 aromatic rings. The molecule has 106 valence electrons. The summed E-state index contributed by atoms with van der Waals surface area (Å²) in [5.41, 5.74) is 0. The number of nitrogens with zero attached hydrogens (tertiary/aromatic N) is 2. The predicted octanol–water partition coefficient (Wildman–Crippen LogP) is 3.84. The Bertz CT molecular complexity index is 602. The maximum absolute atomic E-state index is 6.13. The first-order valence-electron chi connectivity index (χ1n) is 7.09. The normalized spacial score (nSPS) is 19.3. The van der Waals surface area contributed by atoms with Crippen molar-refractivity contribution in [3.8, 4) is 5.75 Å². The third-order valence-electron chi connectivity index (χ3n) is 4.03. The first-order valence-corrected chi connectivity index (χ1v) is 7.62. The Hall–Kier alpha value is -1.48. The fourth-order valence-corrected chi connectivity index (χ4v) is 3.26. The number of benzene rings is 1. The topological polar surface area (TPSA) is 25.4 Å². The van der Waals surface area contributed by atoms with Gasteiger partial charge in [-0.1, -0.05) is 0 Å². The van der Waals surface area contributed by atoms with Crippen LogP contribution in [-0.4, -0.2) is 30.6 Å². The van der Waals surface area contributed by atoms with Crippen molar-refractivity contribution in [2.24, 2.45) is 0 Å². The van der Waals surface area contributed by atoms with Gasteiger partial charge in [-0.3, -0.25) is 0 Å². The highest BCUT2D eigenvalue weighted by atomic mass is 35.5. The van der Waals surface area contributed by atoms with Gasteiger partial charge >= 0.3 is 0 Å². The van der Waals surface area contributed by atoms with Crippen LogP contribution < -0.4 is 9.64 Å². The van der Waals surface area contributed by atoms with Crippen molar-refractivity contribution >= 4 is 28.2 Å². The van der Waals surface area contributed by atoms with Gasteiger partial charge in [0, 0.05) is 30.0 Å². The fraction of sp³-hybridized carbons (Fsp3) is 0.438. The number of halogens is 1. The van der Waals surface area contributed by atoms with E-state index in [2.05, 4.69) is 22.0 Å². The minimum Gasteiger partial charge on any atom is -0.497 e. The number of hydrogen-bond donors (Lipinski definition) is 0. The van der Waals surface area contributed by atoms with Gasteiger partial charge in [0.1, 0.15) is 11.6 Å². The second-order valence-corrected chi connectivity index (χ2v) is 5.53. The van der Waals surface area contributed by atoms with E-state index in [-0.39, 0.29) is 0 Å². The third-order valence-corrected chi connectivity index (χ3v) is 4.38. The molecule has 0 radical (unpaired) electrons. The molecule has 1 aliphatic heterocycles. The van der Waals surface area contributed by atoms with Gasteiger partial charge in [-0.25, -0.2) is 4.98 Å². The molecule has 0 aliphatic carbocycles. The molecule has 0 amide bonds. The highest BCUT2D eigenvalue weighted by molar-refractivity contribution is 6.18. The summed E-state index contributed by atoms with van der Waals surface area (Å²) in [6, 6.07) is 8.57. The maximum atomic E-state index is 6.13. The van der Waals surface area contributed by atoms with Gasteiger partial charge in [0.25, 0.3) is 0 Å². The second kappa shape index (κ2) is 5.88. The predicted molar refractivity (Wildman–Crippen MR) is 84.0 cm³/mol. The van der Waals surface area contributed by atoms with E-state index in [0.717, 1.165) is 29.9 Å². The Morgan fingerprint density at radius 1 is 1.35 bits per heavy atom. The number of rotatable bonds is 3. The summed E-state index contributed by atoms with van der Waals surface area (Å²) in [6.07, 6.45) is 5.49. The average molecular weight is 291 g/mol. The van der Waals surface area contributed by atoms with Crippen LogP contribution in [0.15, 0.2) is 30.5 Å². The largest absolute Gasteiger partial charge is 0.497 e. The van der Waals surface area contributed by atoms with Gasteiger partial charge in [0.15, 0.2) is 0 Å². The summed E-state index contributed by atoms with van der Waals surface area (Å²) < 4.78 is 5.29. The molecule has 0 N–H and O–H groups in total. The van der Waals surface area contributed by atoms with E-state index < -0.39 is 0 Å². The third kappa shape index (κ3) is 2.42. The lowest BCUT2D eigenvalue weighted by Crippen LogP contribution is -2.41. The molecule has 0 saturated carbocycles. The van der Waals surface area contributed by atoms with Crippen molar-refractivity contribution in [1.29, 1.82) is 0 Å². The minimum absolute atomic E-state index is 0.394. The van der Waals surface area contributed by atoms with Crippen LogP contribution in [-0.2, 0) is 0 Å². The summed E-state index contributed by atoms with van der Waals surface area (Å²) in [4.78, 5) is 6.98. The van der Waals surface area contributed by atoms with E-state index in [0.29, 0.717) is 11.9 Å². The smallest absolute Gasteiger partial charge is 0.136 e. The minimum atomic E-state index is 0.394. The van der Waals surface area contributed by atoms with E-state index in [1.54, 1.807) is 7.11 Å². The summed E-state index contributed by atoms with van der Waals surface area (Å²) in [7, 11) is 1.69. The quantitative estimate of drug-likeness (QED) is 0.803. The molecule has 3 nitrogen and oxygen atoms in total. The Labute approximate surface area is 124 Å². The molecule has 1 aromatic heterocycles.